The van der Waals surface area contributed by atoms with Crippen molar-refractivity contribution < 1.29 is 28.5 Å². The molecule has 0 bridgehead atoms. The summed E-state index contributed by atoms with van der Waals surface area (Å²) >= 11 is 0. The zero-order valence-corrected chi connectivity index (χ0v) is 27.7. The SMILES string of the molecule is CCCCCCCCC1CCC2C3CC=C4CC(OC(=O)Oc5cc(OC)c(OC)c(OC)c5)CCC4(C)C3CCC12C. The van der Waals surface area contributed by atoms with Gasteiger partial charge in [-0.15, -0.1) is 0 Å². The molecule has 0 amide bonds. The Labute approximate surface area is 260 Å². The van der Waals surface area contributed by atoms with Crippen LogP contribution < -0.4 is 18.9 Å². The van der Waals surface area contributed by atoms with Crippen molar-refractivity contribution in [3.05, 3.63) is 23.8 Å². The van der Waals surface area contributed by atoms with Crippen LogP contribution in [-0.2, 0) is 4.74 Å². The summed E-state index contributed by atoms with van der Waals surface area (Å²) in [5.41, 5.74) is 2.27. The maximum atomic E-state index is 12.9. The number of unbranched alkanes of at least 4 members (excludes halogenated alkanes) is 5. The summed E-state index contributed by atoms with van der Waals surface area (Å²) in [4.78, 5) is 12.9. The van der Waals surface area contributed by atoms with E-state index in [0.717, 1.165) is 42.9 Å². The van der Waals surface area contributed by atoms with Crippen molar-refractivity contribution in [2.75, 3.05) is 21.3 Å². The molecule has 0 aromatic heterocycles. The molecule has 0 N–H and O–H groups in total. The number of fused-ring (bicyclic) bond motifs is 5. The monoisotopic (exact) mass is 596 g/mol. The predicted molar refractivity (Wildman–Crippen MR) is 170 cm³/mol. The van der Waals surface area contributed by atoms with E-state index in [1.807, 2.05) is 0 Å². The lowest BCUT2D eigenvalue weighted by Crippen LogP contribution is -2.50. The molecule has 1 aromatic carbocycles. The summed E-state index contributed by atoms with van der Waals surface area (Å²) in [7, 11) is 4.62. The smallest absolute Gasteiger partial charge is 0.493 e. The van der Waals surface area contributed by atoms with E-state index in [2.05, 4.69) is 26.8 Å². The van der Waals surface area contributed by atoms with Crippen LogP contribution in [0.3, 0.4) is 0 Å². The van der Waals surface area contributed by atoms with Gasteiger partial charge in [0.2, 0.25) is 5.75 Å². The first-order valence-corrected chi connectivity index (χ1v) is 17.1. The quantitative estimate of drug-likeness (QED) is 0.104. The van der Waals surface area contributed by atoms with Crippen LogP contribution in [0.4, 0.5) is 4.79 Å². The van der Waals surface area contributed by atoms with Gasteiger partial charge in [0.25, 0.3) is 0 Å². The lowest BCUT2D eigenvalue weighted by Gasteiger charge is -2.58. The highest BCUT2D eigenvalue weighted by atomic mass is 16.7. The Morgan fingerprint density at radius 1 is 0.860 bits per heavy atom. The zero-order valence-electron chi connectivity index (χ0n) is 27.7. The summed E-state index contributed by atoms with van der Waals surface area (Å²) in [6.07, 6.45) is 21.1. The van der Waals surface area contributed by atoms with E-state index in [-0.39, 0.29) is 11.5 Å². The molecule has 3 saturated carbocycles. The average Bonchev–Trinajstić information content (AvgIpc) is 3.34. The van der Waals surface area contributed by atoms with Crippen LogP contribution in [0.2, 0.25) is 0 Å². The Bertz CT molecular complexity index is 1120. The van der Waals surface area contributed by atoms with Gasteiger partial charge in [0.15, 0.2) is 11.5 Å². The number of rotatable bonds is 12. The number of carbonyl (C=O) groups excluding carboxylic acids is 1. The lowest BCUT2D eigenvalue weighted by molar-refractivity contribution is -0.0538. The van der Waals surface area contributed by atoms with Gasteiger partial charge in [-0.05, 0) is 85.9 Å². The summed E-state index contributed by atoms with van der Waals surface area (Å²) in [6, 6.07) is 3.23. The van der Waals surface area contributed by atoms with Crippen LogP contribution >= 0.6 is 0 Å². The van der Waals surface area contributed by atoms with E-state index < -0.39 is 6.16 Å². The number of benzene rings is 1. The molecular weight excluding hydrogens is 540 g/mol. The van der Waals surface area contributed by atoms with E-state index in [1.165, 1.54) is 96.8 Å². The Kier molecular flexibility index (Phi) is 10.2. The second kappa shape index (κ2) is 13.7. The number of methoxy groups -OCH3 is 3. The van der Waals surface area contributed by atoms with Gasteiger partial charge in [0.1, 0.15) is 11.9 Å². The first-order chi connectivity index (χ1) is 20.8. The van der Waals surface area contributed by atoms with Crippen molar-refractivity contribution in [1.29, 1.82) is 0 Å². The van der Waals surface area contributed by atoms with Gasteiger partial charge in [-0.1, -0.05) is 70.9 Å². The fourth-order valence-corrected chi connectivity index (χ4v) is 9.85. The molecule has 43 heavy (non-hydrogen) atoms. The van der Waals surface area contributed by atoms with E-state index in [1.54, 1.807) is 19.2 Å². The minimum atomic E-state index is -0.687. The van der Waals surface area contributed by atoms with Crippen molar-refractivity contribution in [1.82, 2.24) is 0 Å². The van der Waals surface area contributed by atoms with Crippen molar-refractivity contribution in [3.8, 4) is 23.0 Å². The van der Waals surface area contributed by atoms with Gasteiger partial charge in [0.05, 0.1) is 21.3 Å². The van der Waals surface area contributed by atoms with Crippen molar-refractivity contribution >= 4 is 6.16 Å². The topological polar surface area (TPSA) is 63.2 Å². The van der Waals surface area contributed by atoms with E-state index in [9.17, 15) is 4.79 Å². The van der Waals surface area contributed by atoms with Crippen molar-refractivity contribution in [2.45, 2.75) is 123 Å². The second-order valence-corrected chi connectivity index (χ2v) is 14.3. The first kappa shape index (κ1) is 32.0. The van der Waals surface area contributed by atoms with Crippen molar-refractivity contribution in [3.63, 3.8) is 0 Å². The normalized spacial score (nSPS) is 33.0. The molecule has 7 unspecified atom stereocenters. The first-order valence-electron chi connectivity index (χ1n) is 17.1. The van der Waals surface area contributed by atoms with Crippen LogP contribution in [0.1, 0.15) is 117 Å². The highest BCUT2D eigenvalue weighted by Gasteiger charge is 2.58. The third-order valence-corrected chi connectivity index (χ3v) is 12.3. The highest BCUT2D eigenvalue weighted by Crippen LogP contribution is 2.66. The summed E-state index contributed by atoms with van der Waals surface area (Å²) in [5.74, 6) is 4.97. The largest absolute Gasteiger partial charge is 0.514 e. The van der Waals surface area contributed by atoms with Crippen LogP contribution in [0.25, 0.3) is 0 Å². The lowest BCUT2D eigenvalue weighted by atomic mass is 9.47. The Morgan fingerprint density at radius 3 is 2.28 bits per heavy atom. The van der Waals surface area contributed by atoms with E-state index in [4.69, 9.17) is 23.7 Å². The molecule has 3 fully saturated rings. The molecule has 7 atom stereocenters. The molecule has 6 heteroatoms. The van der Waals surface area contributed by atoms with Crippen molar-refractivity contribution in [2.24, 2.45) is 34.5 Å². The van der Waals surface area contributed by atoms with Gasteiger partial charge >= 0.3 is 6.16 Å². The molecule has 0 radical (unpaired) electrons. The molecule has 4 aliphatic rings. The molecule has 5 rings (SSSR count). The number of hydrogen-bond acceptors (Lipinski definition) is 6. The fraction of sp³-hybridized carbons (Fsp3) is 0.757. The predicted octanol–water partition coefficient (Wildman–Crippen LogP) is 9.93. The van der Waals surface area contributed by atoms with E-state index >= 15 is 0 Å². The summed E-state index contributed by atoms with van der Waals surface area (Å²) in [5, 5.41) is 0. The third-order valence-electron chi connectivity index (χ3n) is 12.3. The molecule has 0 heterocycles. The molecule has 4 aliphatic carbocycles. The van der Waals surface area contributed by atoms with Gasteiger partial charge in [-0.25, -0.2) is 4.79 Å². The van der Waals surface area contributed by atoms with Crippen LogP contribution in [-0.4, -0.2) is 33.6 Å². The molecule has 0 aliphatic heterocycles. The van der Waals surface area contributed by atoms with Gasteiger partial charge in [0, 0.05) is 18.6 Å². The average molecular weight is 597 g/mol. The summed E-state index contributed by atoms with van der Waals surface area (Å²) < 4.78 is 27.6. The number of ether oxygens (including phenoxy) is 5. The van der Waals surface area contributed by atoms with Gasteiger partial charge in [-0.3, -0.25) is 0 Å². The maximum Gasteiger partial charge on any atom is 0.514 e. The number of carbonyl (C=O) groups is 1. The minimum Gasteiger partial charge on any atom is -0.493 e. The van der Waals surface area contributed by atoms with E-state index in [0.29, 0.717) is 28.4 Å². The standard InChI is InChI=1S/C37H56O6/c1-7-8-9-10-11-12-13-25-15-17-30-29-16-14-26-22-27(18-20-37(26,3)31(29)19-21-36(25,30)2)42-35(38)43-28-23-32(39-4)34(41-6)33(24-28)40-5/h14,23-25,27,29-31H,7-13,15-22H2,1-6H3. The van der Waals surface area contributed by atoms with Crippen LogP contribution in [0.15, 0.2) is 23.8 Å². The molecule has 240 valence electrons. The molecule has 1 aromatic rings. The number of allylic oxidation sites excluding steroid dienone is 1. The molecular formula is C37H56O6. The highest BCUT2D eigenvalue weighted by molar-refractivity contribution is 5.66. The zero-order chi connectivity index (χ0) is 30.6. The Balaban J connectivity index is 1.18. The van der Waals surface area contributed by atoms with Gasteiger partial charge in [-0.2, -0.15) is 0 Å². The second-order valence-electron chi connectivity index (χ2n) is 14.3. The minimum absolute atomic E-state index is 0.160. The van der Waals surface area contributed by atoms with Crippen LogP contribution in [0.5, 0.6) is 23.0 Å². The van der Waals surface area contributed by atoms with Gasteiger partial charge < -0.3 is 23.7 Å². The third kappa shape index (κ3) is 6.40. The number of hydrogen-bond donors (Lipinski definition) is 0. The molecule has 0 saturated heterocycles. The molecule has 0 spiro atoms. The fourth-order valence-electron chi connectivity index (χ4n) is 9.85. The Morgan fingerprint density at radius 2 is 1.58 bits per heavy atom. The summed E-state index contributed by atoms with van der Waals surface area (Å²) in [6.45, 7) is 7.48. The van der Waals surface area contributed by atoms with Crippen LogP contribution in [0, 0.1) is 34.5 Å². The Hall–Kier alpha value is -2.37. The molecule has 6 nitrogen and oxygen atoms in total. The maximum absolute atomic E-state index is 12.9.